The fourth-order valence-electron chi connectivity index (χ4n) is 1.56. The summed E-state index contributed by atoms with van der Waals surface area (Å²) in [5, 5.41) is 0. The van der Waals surface area contributed by atoms with Gasteiger partial charge in [-0.1, -0.05) is 0 Å². The minimum Gasteiger partial charge on any atom is -1.00 e. The molecule has 0 fully saturated rings. The van der Waals surface area contributed by atoms with Crippen LogP contribution in [0.15, 0.2) is 0 Å². The molecule has 0 spiro atoms. The first-order valence-electron chi connectivity index (χ1n) is 6.05. The van der Waals surface area contributed by atoms with Gasteiger partial charge in [0, 0.05) is 6.42 Å². The van der Waals surface area contributed by atoms with E-state index in [0.29, 0.717) is 18.9 Å². The number of nitrogens with zero attached hydrogens (tertiary/aromatic N) is 1. The van der Waals surface area contributed by atoms with Crippen molar-refractivity contribution in [2.45, 2.75) is 32.6 Å². The summed E-state index contributed by atoms with van der Waals surface area (Å²) in [5.74, 6) is 0.632. The number of carbonyl (C=O) groups is 1. The van der Waals surface area contributed by atoms with Crippen LogP contribution in [0, 0.1) is 0 Å². The third kappa shape index (κ3) is 12.3. The number of quaternary nitrogens is 1. The van der Waals surface area contributed by atoms with Crippen molar-refractivity contribution in [1.82, 2.24) is 0 Å². The lowest BCUT2D eigenvalue weighted by Gasteiger charge is -2.28. The molecular weight excluding hydrogens is 261 g/mol. The number of halogens is 2. The van der Waals surface area contributed by atoms with Gasteiger partial charge >= 0.3 is 5.97 Å². The first-order chi connectivity index (χ1) is 7.52. The summed E-state index contributed by atoms with van der Waals surface area (Å²) in [7, 11) is 4.38. The molecule has 3 nitrogen and oxygen atoms in total. The van der Waals surface area contributed by atoms with Crippen molar-refractivity contribution in [3.05, 3.63) is 0 Å². The Balaban J connectivity index is 0. The number of unbranched alkanes of at least 4 members (excludes halogenated alkanes) is 2. The largest absolute Gasteiger partial charge is 1.00 e. The number of esters is 1. The number of alkyl halides is 1. The molecule has 0 unspecified atom stereocenters. The Kier molecular flexibility index (Phi) is 12.7. The van der Waals surface area contributed by atoms with E-state index in [1.165, 1.54) is 0 Å². The molecule has 0 atom stereocenters. The summed E-state index contributed by atoms with van der Waals surface area (Å²) < 4.78 is 5.83. The lowest BCUT2D eigenvalue weighted by atomic mass is 10.2. The SMILES string of the molecule is CCOC(=O)CCCCC[N+](C)(C)CCCl.[Cl-]. The van der Waals surface area contributed by atoms with Crippen LogP contribution in [-0.2, 0) is 9.53 Å². The molecule has 0 radical (unpaired) electrons. The average molecular weight is 286 g/mol. The standard InChI is InChI=1S/C12H25ClNO2.ClH/c1-4-16-12(15)8-6-5-7-10-14(2,3)11-9-13;/h4-11H2,1-3H3;1H/q+1;/p-1. The van der Waals surface area contributed by atoms with Crippen LogP contribution in [0.5, 0.6) is 0 Å². The van der Waals surface area contributed by atoms with E-state index in [1.54, 1.807) is 0 Å². The van der Waals surface area contributed by atoms with E-state index in [1.807, 2.05) is 6.92 Å². The van der Waals surface area contributed by atoms with Gasteiger partial charge in [-0.3, -0.25) is 4.79 Å². The van der Waals surface area contributed by atoms with Crippen molar-refractivity contribution < 1.29 is 26.4 Å². The van der Waals surface area contributed by atoms with Crippen LogP contribution in [0.3, 0.4) is 0 Å². The Labute approximate surface area is 116 Å². The van der Waals surface area contributed by atoms with E-state index in [9.17, 15) is 4.79 Å². The Morgan fingerprint density at radius 2 is 1.82 bits per heavy atom. The molecule has 0 saturated carbocycles. The molecule has 0 bridgehead atoms. The zero-order valence-electron chi connectivity index (χ0n) is 11.2. The van der Waals surface area contributed by atoms with Crippen molar-refractivity contribution in [2.24, 2.45) is 0 Å². The molecule has 0 aromatic heterocycles. The molecule has 0 aromatic rings. The molecule has 0 N–H and O–H groups in total. The lowest BCUT2D eigenvalue weighted by molar-refractivity contribution is -0.888. The van der Waals surface area contributed by atoms with E-state index in [4.69, 9.17) is 16.3 Å². The van der Waals surface area contributed by atoms with E-state index in [2.05, 4.69) is 14.1 Å². The maximum absolute atomic E-state index is 11.1. The molecule has 0 rings (SSSR count). The summed E-state index contributed by atoms with van der Waals surface area (Å²) in [6, 6.07) is 0. The Morgan fingerprint density at radius 3 is 2.35 bits per heavy atom. The molecule has 0 heterocycles. The highest BCUT2D eigenvalue weighted by Crippen LogP contribution is 2.06. The van der Waals surface area contributed by atoms with Crippen LogP contribution in [0.25, 0.3) is 0 Å². The smallest absolute Gasteiger partial charge is 0.305 e. The summed E-state index contributed by atoms with van der Waals surface area (Å²) in [4.78, 5) is 11.1. The quantitative estimate of drug-likeness (QED) is 0.246. The Morgan fingerprint density at radius 1 is 1.18 bits per heavy atom. The molecule has 0 amide bonds. The van der Waals surface area contributed by atoms with E-state index < -0.39 is 0 Å². The summed E-state index contributed by atoms with van der Waals surface area (Å²) in [6.07, 6.45) is 3.71. The van der Waals surface area contributed by atoms with Crippen molar-refractivity contribution in [3.63, 3.8) is 0 Å². The van der Waals surface area contributed by atoms with Gasteiger partial charge in [-0.2, -0.15) is 0 Å². The maximum atomic E-state index is 11.1. The van der Waals surface area contributed by atoms with E-state index in [-0.39, 0.29) is 18.4 Å². The van der Waals surface area contributed by atoms with Crippen LogP contribution < -0.4 is 12.4 Å². The Hall–Kier alpha value is 0.01000. The lowest BCUT2D eigenvalue weighted by Crippen LogP contribution is -3.00. The fourth-order valence-corrected chi connectivity index (χ4v) is 2.02. The Bertz CT molecular complexity index is 199. The van der Waals surface area contributed by atoms with Crippen molar-refractivity contribution in [1.29, 1.82) is 0 Å². The van der Waals surface area contributed by atoms with E-state index in [0.717, 1.165) is 36.8 Å². The van der Waals surface area contributed by atoms with Gasteiger partial charge in [0.25, 0.3) is 0 Å². The number of rotatable bonds is 9. The maximum Gasteiger partial charge on any atom is 0.305 e. The van der Waals surface area contributed by atoms with Crippen LogP contribution in [0.4, 0.5) is 0 Å². The number of hydrogen-bond donors (Lipinski definition) is 0. The van der Waals surface area contributed by atoms with Gasteiger partial charge in [0.2, 0.25) is 0 Å². The fraction of sp³-hybridized carbons (Fsp3) is 0.917. The number of carbonyl (C=O) groups excluding carboxylic acids is 1. The zero-order chi connectivity index (χ0) is 12.4. The number of ether oxygens (including phenoxy) is 1. The highest BCUT2D eigenvalue weighted by Gasteiger charge is 2.13. The second kappa shape index (κ2) is 11.1. The van der Waals surface area contributed by atoms with Crippen LogP contribution >= 0.6 is 11.6 Å². The van der Waals surface area contributed by atoms with Gasteiger partial charge in [-0.25, -0.2) is 0 Å². The second-order valence-corrected chi connectivity index (χ2v) is 5.07. The summed E-state index contributed by atoms with van der Waals surface area (Å²) >= 11 is 5.73. The minimum absolute atomic E-state index is 0. The predicted octanol–water partition coefficient (Wildman–Crippen LogP) is -0.571. The average Bonchev–Trinajstić information content (AvgIpc) is 2.17. The molecule has 104 valence electrons. The zero-order valence-corrected chi connectivity index (χ0v) is 12.7. The second-order valence-electron chi connectivity index (χ2n) is 4.69. The van der Waals surface area contributed by atoms with Gasteiger partial charge in [-0.05, 0) is 26.2 Å². The molecular formula is C12H25Cl2NO2. The molecule has 0 aliphatic rings. The molecule has 0 aliphatic heterocycles. The first kappa shape index (κ1) is 19.4. The van der Waals surface area contributed by atoms with Crippen LogP contribution in [0.1, 0.15) is 32.6 Å². The molecule has 0 aromatic carbocycles. The topological polar surface area (TPSA) is 26.3 Å². The van der Waals surface area contributed by atoms with Crippen molar-refractivity contribution in [2.75, 3.05) is 39.7 Å². The van der Waals surface area contributed by atoms with Gasteiger partial charge in [0.15, 0.2) is 0 Å². The molecule has 17 heavy (non-hydrogen) atoms. The van der Waals surface area contributed by atoms with E-state index >= 15 is 0 Å². The van der Waals surface area contributed by atoms with Crippen molar-refractivity contribution >= 4 is 17.6 Å². The van der Waals surface area contributed by atoms with Gasteiger partial charge in [0.05, 0.1) is 39.7 Å². The molecule has 0 saturated heterocycles. The highest BCUT2D eigenvalue weighted by atomic mass is 35.5. The van der Waals surface area contributed by atoms with Crippen molar-refractivity contribution in [3.8, 4) is 0 Å². The third-order valence-electron chi connectivity index (χ3n) is 2.64. The highest BCUT2D eigenvalue weighted by molar-refractivity contribution is 6.17. The predicted molar refractivity (Wildman–Crippen MR) is 67.7 cm³/mol. The normalized spacial score (nSPS) is 10.8. The van der Waals surface area contributed by atoms with Crippen LogP contribution in [0.2, 0.25) is 0 Å². The van der Waals surface area contributed by atoms with Crippen LogP contribution in [-0.4, -0.2) is 50.1 Å². The summed E-state index contributed by atoms with van der Waals surface area (Å²) in [5.41, 5.74) is 0. The first-order valence-corrected chi connectivity index (χ1v) is 6.59. The molecule has 0 aliphatic carbocycles. The third-order valence-corrected chi connectivity index (χ3v) is 2.81. The van der Waals surface area contributed by atoms with Gasteiger partial charge < -0.3 is 21.6 Å². The van der Waals surface area contributed by atoms with Gasteiger partial charge in [-0.15, -0.1) is 11.6 Å². The number of hydrogen-bond acceptors (Lipinski definition) is 2. The minimum atomic E-state index is -0.0722. The summed E-state index contributed by atoms with van der Waals surface area (Å²) in [6.45, 7) is 4.44. The molecule has 5 heteroatoms. The monoisotopic (exact) mass is 285 g/mol. The van der Waals surface area contributed by atoms with Gasteiger partial charge in [0.1, 0.15) is 0 Å².